The molecule has 0 radical (unpaired) electrons. The summed E-state index contributed by atoms with van der Waals surface area (Å²) in [6, 6.07) is 16.4. The minimum absolute atomic E-state index is 0.128. The number of carbonyl (C=O) groups excluding carboxylic acids is 1. The number of esters is 1. The van der Waals surface area contributed by atoms with E-state index in [0.717, 1.165) is 13.6 Å². The minimum Gasteiger partial charge on any atom is -0.493 e. The molecule has 3 aromatic carbocycles. The Morgan fingerprint density at radius 1 is 1.15 bits per heavy atom. The molecule has 0 atom stereocenters. The number of cyclic esters (lactones) is 1. The van der Waals surface area contributed by atoms with E-state index in [1.165, 1.54) is 0 Å². The largest absolute Gasteiger partial charge is 0.493 e. The Kier molecular flexibility index (Phi) is 7.63. The first-order chi connectivity index (χ1) is 15.8. The molecule has 33 heavy (non-hydrogen) atoms. The number of nitrogens with zero attached hydrogens (tertiary/aromatic N) is 1. The summed E-state index contributed by atoms with van der Waals surface area (Å²) in [5, 5.41) is 0.826. The molecule has 0 N–H and O–H groups in total. The second-order valence-electron chi connectivity index (χ2n) is 6.91. The van der Waals surface area contributed by atoms with Crippen LogP contribution in [-0.4, -0.2) is 19.0 Å². The van der Waals surface area contributed by atoms with E-state index in [-0.39, 0.29) is 11.6 Å². The molecule has 0 fully saturated rings. The van der Waals surface area contributed by atoms with Crippen molar-refractivity contribution in [2.24, 2.45) is 4.99 Å². The highest BCUT2D eigenvalue weighted by atomic mass is 127. The van der Waals surface area contributed by atoms with Crippen LogP contribution in [-0.2, 0) is 16.1 Å². The molecule has 0 spiro atoms. The monoisotopic (exact) mass is 657 g/mol. The van der Waals surface area contributed by atoms with Crippen LogP contribution >= 0.6 is 61.7 Å². The number of benzene rings is 3. The van der Waals surface area contributed by atoms with Gasteiger partial charge in [-0.05, 0) is 82.3 Å². The van der Waals surface area contributed by atoms with Crippen molar-refractivity contribution in [1.29, 1.82) is 0 Å². The summed E-state index contributed by atoms with van der Waals surface area (Å²) in [7, 11) is 1.57. The summed E-state index contributed by atoms with van der Waals surface area (Å²) in [4.78, 5) is 16.7. The molecular weight excluding hydrogens is 644 g/mol. The van der Waals surface area contributed by atoms with E-state index >= 15 is 0 Å². The van der Waals surface area contributed by atoms with Gasteiger partial charge in [-0.25, -0.2) is 9.79 Å². The van der Waals surface area contributed by atoms with Gasteiger partial charge in [0.1, 0.15) is 6.61 Å². The Bertz CT molecular complexity index is 1310. The van der Waals surface area contributed by atoms with Crippen LogP contribution < -0.4 is 9.47 Å². The quantitative estimate of drug-likeness (QED) is 0.159. The van der Waals surface area contributed by atoms with Gasteiger partial charge in [0.15, 0.2) is 17.2 Å². The highest BCUT2D eigenvalue weighted by molar-refractivity contribution is 14.1. The molecule has 168 valence electrons. The maximum Gasteiger partial charge on any atom is 0.363 e. The van der Waals surface area contributed by atoms with Crippen molar-refractivity contribution in [2.75, 3.05) is 7.11 Å². The van der Waals surface area contributed by atoms with Gasteiger partial charge in [-0.15, -0.1) is 0 Å². The van der Waals surface area contributed by atoms with Gasteiger partial charge < -0.3 is 14.2 Å². The van der Waals surface area contributed by atoms with Crippen LogP contribution in [0.1, 0.15) is 16.7 Å². The van der Waals surface area contributed by atoms with Crippen LogP contribution in [0.25, 0.3) is 6.08 Å². The normalized spacial score (nSPS) is 14.3. The number of aliphatic imine (C=N–C) groups is 1. The standard InChI is InChI=1S/C24H15BrCl2INO4/c1-31-21-10-14(8-19(28)22(21)32-12-13-3-2-4-15(25)7-13)9-20-24(30)33-23(29-20)17-6-5-16(26)11-18(17)27/h2-11H,12H2,1H3/b20-9-. The van der Waals surface area contributed by atoms with E-state index in [2.05, 4.69) is 43.5 Å². The molecule has 1 heterocycles. The minimum atomic E-state index is -0.569. The van der Waals surface area contributed by atoms with Gasteiger partial charge in [0.05, 0.1) is 21.3 Å². The summed E-state index contributed by atoms with van der Waals surface area (Å²) in [6.45, 7) is 0.383. The second-order valence-corrected chi connectivity index (χ2v) is 9.83. The number of rotatable bonds is 6. The molecule has 0 bridgehead atoms. The second kappa shape index (κ2) is 10.5. The Hall–Kier alpha value is -2.07. The van der Waals surface area contributed by atoms with E-state index in [1.807, 2.05) is 30.3 Å². The van der Waals surface area contributed by atoms with Crippen LogP contribution in [0.5, 0.6) is 11.5 Å². The molecule has 0 aromatic heterocycles. The smallest absolute Gasteiger partial charge is 0.363 e. The van der Waals surface area contributed by atoms with Crippen LogP contribution in [0.4, 0.5) is 0 Å². The van der Waals surface area contributed by atoms with Crippen LogP contribution in [0.15, 0.2) is 69.8 Å². The molecule has 1 aliphatic rings. The van der Waals surface area contributed by atoms with Gasteiger partial charge >= 0.3 is 5.97 Å². The van der Waals surface area contributed by atoms with E-state index < -0.39 is 5.97 Å². The van der Waals surface area contributed by atoms with Gasteiger partial charge in [-0.3, -0.25) is 0 Å². The van der Waals surface area contributed by atoms with E-state index in [4.69, 9.17) is 37.4 Å². The summed E-state index contributed by atoms with van der Waals surface area (Å²) >= 11 is 17.8. The van der Waals surface area contributed by atoms with Crippen molar-refractivity contribution in [3.05, 3.63) is 95.1 Å². The highest BCUT2D eigenvalue weighted by Gasteiger charge is 2.26. The summed E-state index contributed by atoms with van der Waals surface area (Å²) in [6.07, 6.45) is 1.63. The van der Waals surface area contributed by atoms with Gasteiger partial charge in [0.2, 0.25) is 5.90 Å². The number of ether oxygens (including phenoxy) is 3. The van der Waals surface area contributed by atoms with Crippen LogP contribution in [0.2, 0.25) is 10.0 Å². The SMILES string of the molecule is COc1cc(/C=C2\N=C(c3ccc(Cl)cc3Cl)OC2=O)cc(I)c1OCc1cccc(Br)c1. The van der Waals surface area contributed by atoms with Crippen molar-refractivity contribution in [3.63, 3.8) is 0 Å². The predicted octanol–water partition coefficient (Wildman–Crippen LogP) is 7.29. The molecule has 0 unspecified atom stereocenters. The number of halogens is 4. The molecule has 5 nitrogen and oxygen atoms in total. The zero-order valence-corrected chi connectivity index (χ0v) is 22.3. The number of methoxy groups -OCH3 is 1. The summed E-state index contributed by atoms with van der Waals surface area (Å²) < 4.78 is 18.7. The predicted molar refractivity (Wildman–Crippen MR) is 141 cm³/mol. The Morgan fingerprint density at radius 2 is 1.97 bits per heavy atom. The van der Waals surface area contributed by atoms with Crippen LogP contribution in [0, 0.1) is 3.57 Å². The van der Waals surface area contributed by atoms with Crippen molar-refractivity contribution in [3.8, 4) is 11.5 Å². The van der Waals surface area contributed by atoms with Gasteiger partial charge in [0.25, 0.3) is 0 Å². The lowest BCUT2D eigenvalue weighted by atomic mass is 10.1. The molecule has 0 saturated carbocycles. The molecule has 0 saturated heterocycles. The van der Waals surface area contributed by atoms with Gasteiger partial charge in [-0.1, -0.05) is 51.3 Å². The first kappa shape index (κ1) is 24.1. The van der Waals surface area contributed by atoms with Crippen molar-refractivity contribution < 1.29 is 19.0 Å². The number of hydrogen-bond donors (Lipinski definition) is 0. The molecule has 4 rings (SSSR count). The van der Waals surface area contributed by atoms with E-state index in [1.54, 1.807) is 37.5 Å². The maximum absolute atomic E-state index is 12.4. The average Bonchev–Trinajstić information content (AvgIpc) is 3.12. The number of carbonyl (C=O) groups is 1. The topological polar surface area (TPSA) is 57.1 Å². The lowest BCUT2D eigenvalue weighted by Crippen LogP contribution is -2.06. The van der Waals surface area contributed by atoms with E-state index in [0.29, 0.717) is 39.3 Å². The highest BCUT2D eigenvalue weighted by Crippen LogP contribution is 2.36. The molecule has 0 aliphatic carbocycles. The van der Waals surface area contributed by atoms with Crippen molar-refractivity contribution in [2.45, 2.75) is 6.61 Å². The number of hydrogen-bond acceptors (Lipinski definition) is 5. The Balaban J connectivity index is 1.60. The fraction of sp³-hybridized carbons (Fsp3) is 0.0833. The first-order valence-corrected chi connectivity index (χ1v) is 12.2. The third-order valence-corrected chi connectivity index (χ3v) is 6.45. The molecule has 0 amide bonds. The first-order valence-electron chi connectivity index (χ1n) is 9.57. The average molecular weight is 659 g/mol. The third-order valence-electron chi connectivity index (χ3n) is 4.61. The van der Waals surface area contributed by atoms with Crippen LogP contribution in [0.3, 0.4) is 0 Å². The van der Waals surface area contributed by atoms with Crippen molar-refractivity contribution >= 4 is 79.7 Å². The molecule has 3 aromatic rings. The van der Waals surface area contributed by atoms with Gasteiger partial charge in [0, 0.05) is 9.50 Å². The zero-order valence-electron chi connectivity index (χ0n) is 17.1. The summed E-state index contributed by atoms with van der Waals surface area (Å²) in [5.74, 6) is 0.718. The molecule has 1 aliphatic heterocycles. The fourth-order valence-electron chi connectivity index (χ4n) is 3.09. The Morgan fingerprint density at radius 3 is 2.70 bits per heavy atom. The molecular formula is C24H15BrCl2INO4. The Labute approximate surface area is 222 Å². The van der Waals surface area contributed by atoms with Gasteiger partial charge in [-0.2, -0.15) is 0 Å². The fourth-order valence-corrected chi connectivity index (χ4v) is 4.81. The molecule has 9 heteroatoms. The maximum atomic E-state index is 12.4. The lowest BCUT2D eigenvalue weighted by molar-refractivity contribution is -0.129. The third kappa shape index (κ3) is 5.71. The van der Waals surface area contributed by atoms with Crippen molar-refractivity contribution in [1.82, 2.24) is 0 Å². The van der Waals surface area contributed by atoms with E-state index in [9.17, 15) is 4.79 Å². The summed E-state index contributed by atoms with van der Waals surface area (Å²) in [5.41, 5.74) is 2.37. The zero-order chi connectivity index (χ0) is 23.5. The lowest BCUT2D eigenvalue weighted by Gasteiger charge is -2.14.